The second-order valence-corrected chi connectivity index (χ2v) is 10.0. The molecular weight excluding hydrogens is 420 g/mol. The van der Waals surface area contributed by atoms with Gasteiger partial charge in [-0.25, -0.2) is 19.2 Å². The van der Waals surface area contributed by atoms with E-state index in [1.807, 2.05) is 0 Å². The average molecular weight is 461 g/mol. The third-order valence-electron chi connectivity index (χ3n) is 4.45. The molecule has 2 atom stereocenters. The van der Waals surface area contributed by atoms with Crippen LogP contribution in [0.25, 0.3) is 0 Å². The van der Waals surface area contributed by atoms with Crippen LogP contribution in [-0.2, 0) is 19.1 Å². The standard InChI is InChI=1S/C11H19NO4.C10H17NO4.CH4/c1-11(2,3)16-10(15)12(4)8(9(13)14)7-5-6-7;1-10(2,3)15-9(14)11-7(8(12)13)6-4-5-6;/h7-8H,5-6H2,1-4H3,(H,13,14);6-7H,4-5H2,1-3H3,(H,11,14)(H,12,13);1H4/t8-;7-;/m00./s1. The molecule has 0 heterocycles. The number of aliphatic carboxylic acids is 2. The van der Waals surface area contributed by atoms with Crippen molar-refractivity contribution in [3.05, 3.63) is 0 Å². The van der Waals surface area contributed by atoms with E-state index in [4.69, 9.17) is 19.7 Å². The number of amides is 2. The van der Waals surface area contributed by atoms with Crippen molar-refractivity contribution in [1.82, 2.24) is 10.2 Å². The topological polar surface area (TPSA) is 142 Å². The lowest BCUT2D eigenvalue weighted by molar-refractivity contribution is -0.143. The first-order chi connectivity index (χ1) is 14.0. The van der Waals surface area contributed by atoms with Crippen LogP contribution in [0.4, 0.5) is 9.59 Å². The Morgan fingerprint density at radius 3 is 1.59 bits per heavy atom. The number of hydrogen-bond donors (Lipinski definition) is 3. The van der Waals surface area contributed by atoms with Crippen LogP contribution in [0.1, 0.15) is 74.7 Å². The number of nitrogens with zero attached hydrogens (tertiary/aromatic N) is 1. The van der Waals surface area contributed by atoms with Gasteiger partial charge in [0, 0.05) is 7.05 Å². The number of likely N-dealkylation sites (N-methyl/N-ethyl adjacent to an activating group) is 1. The number of rotatable bonds is 6. The van der Waals surface area contributed by atoms with E-state index in [1.54, 1.807) is 41.5 Å². The fraction of sp³-hybridized carbons (Fsp3) is 0.818. The van der Waals surface area contributed by atoms with Gasteiger partial charge in [0.1, 0.15) is 23.3 Å². The molecule has 2 aliphatic carbocycles. The Kier molecular flexibility index (Phi) is 10.5. The molecule has 2 rings (SSSR count). The molecule has 10 heteroatoms. The van der Waals surface area contributed by atoms with Crippen LogP contribution in [0.5, 0.6) is 0 Å². The monoisotopic (exact) mass is 460 g/mol. The minimum Gasteiger partial charge on any atom is -0.480 e. The smallest absolute Gasteiger partial charge is 0.410 e. The number of nitrogens with one attached hydrogen (secondary N) is 1. The first kappa shape index (κ1) is 29.5. The van der Waals surface area contributed by atoms with Gasteiger partial charge in [0.2, 0.25) is 0 Å². The third kappa shape index (κ3) is 11.2. The molecule has 0 aromatic carbocycles. The fourth-order valence-electron chi connectivity index (χ4n) is 2.79. The zero-order valence-corrected chi connectivity index (χ0v) is 19.4. The van der Waals surface area contributed by atoms with Gasteiger partial charge in [-0.15, -0.1) is 0 Å². The zero-order valence-electron chi connectivity index (χ0n) is 19.4. The van der Waals surface area contributed by atoms with E-state index in [1.165, 1.54) is 11.9 Å². The summed E-state index contributed by atoms with van der Waals surface area (Å²) in [5.41, 5.74) is -1.20. The molecule has 0 radical (unpaired) electrons. The Balaban J connectivity index is 0.000000584. The Labute approximate surface area is 190 Å². The first-order valence-electron chi connectivity index (χ1n) is 10.4. The molecule has 0 bridgehead atoms. The lowest BCUT2D eigenvalue weighted by Crippen LogP contribution is -2.46. The minimum atomic E-state index is -0.997. The molecule has 2 saturated carbocycles. The molecule has 186 valence electrons. The Morgan fingerprint density at radius 2 is 1.28 bits per heavy atom. The number of carbonyl (C=O) groups excluding carboxylic acids is 2. The summed E-state index contributed by atoms with van der Waals surface area (Å²) in [5, 5.41) is 20.3. The predicted molar refractivity (Wildman–Crippen MR) is 118 cm³/mol. The van der Waals surface area contributed by atoms with Crippen LogP contribution in [-0.4, -0.2) is 69.6 Å². The van der Waals surface area contributed by atoms with Gasteiger partial charge in [0.05, 0.1) is 0 Å². The number of carboxylic acid groups (broad SMARTS) is 2. The molecule has 0 aliphatic heterocycles. The van der Waals surface area contributed by atoms with Crippen molar-refractivity contribution in [3.8, 4) is 0 Å². The summed E-state index contributed by atoms with van der Waals surface area (Å²) >= 11 is 0. The normalized spacial score (nSPS) is 17.3. The van der Waals surface area contributed by atoms with E-state index in [-0.39, 0.29) is 19.3 Å². The first-order valence-corrected chi connectivity index (χ1v) is 10.4. The zero-order chi connectivity index (χ0) is 24.1. The van der Waals surface area contributed by atoms with Crippen molar-refractivity contribution in [3.63, 3.8) is 0 Å². The fourth-order valence-corrected chi connectivity index (χ4v) is 2.79. The maximum absolute atomic E-state index is 11.7. The van der Waals surface area contributed by atoms with Crippen LogP contribution in [0.3, 0.4) is 0 Å². The van der Waals surface area contributed by atoms with Crippen LogP contribution in [0.15, 0.2) is 0 Å². The predicted octanol–water partition coefficient (Wildman–Crippen LogP) is 3.73. The highest BCUT2D eigenvalue weighted by atomic mass is 16.6. The van der Waals surface area contributed by atoms with Gasteiger partial charge in [-0.3, -0.25) is 4.90 Å². The van der Waals surface area contributed by atoms with Gasteiger partial charge >= 0.3 is 24.1 Å². The molecule has 0 spiro atoms. The van der Waals surface area contributed by atoms with Crippen molar-refractivity contribution in [1.29, 1.82) is 0 Å². The Hall–Kier alpha value is -2.52. The number of carboxylic acids is 2. The molecule has 0 saturated heterocycles. The van der Waals surface area contributed by atoms with E-state index in [0.29, 0.717) is 0 Å². The molecule has 0 aromatic rings. The van der Waals surface area contributed by atoms with E-state index < -0.39 is 47.4 Å². The molecular formula is C22H40N2O8. The van der Waals surface area contributed by atoms with Crippen LogP contribution < -0.4 is 5.32 Å². The number of ether oxygens (including phenoxy) is 2. The van der Waals surface area contributed by atoms with Crippen molar-refractivity contribution in [2.24, 2.45) is 11.8 Å². The molecule has 32 heavy (non-hydrogen) atoms. The summed E-state index contributed by atoms with van der Waals surface area (Å²) in [6.45, 7) is 10.5. The maximum Gasteiger partial charge on any atom is 0.410 e. The third-order valence-corrected chi connectivity index (χ3v) is 4.45. The summed E-state index contributed by atoms with van der Waals surface area (Å²) in [5.74, 6) is -1.82. The van der Waals surface area contributed by atoms with Gasteiger partial charge < -0.3 is 25.0 Å². The highest BCUT2D eigenvalue weighted by molar-refractivity contribution is 5.81. The summed E-state index contributed by atoms with van der Waals surface area (Å²) in [7, 11) is 1.48. The molecule has 2 amide bonds. The highest BCUT2D eigenvalue weighted by Gasteiger charge is 2.42. The lowest BCUT2D eigenvalue weighted by atomic mass is 10.1. The Bertz CT molecular complexity index is 672. The highest BCUT2D eigenvalue weighted by Crippen LogP contribution is 2.35. The van der Waals surface area contributed by atoms with Gasteiger partial charge in [0.25, 0.3) is 0 Å². The second-order valence-electron chi connectivity index (χ2n) is 10.0. The molecule has 10 nitrogen and oxygen atoms in total. The van der Waals surface area contributed by atoms with Crippen LogP contribution in [0.2, 0.25) is 0 Å². The molecule has 3 N–H and O–H groups in total. The Morgan fingerprint density at radius 1 is 0.844 bits per heavy atom. The summed E-state index contributed by atoms with van der Waals surface area (Å²) in [6, 6.07) is -1.56. The van der Waals surface area contributed by atoms with E-state index in [2.05, 4.69) is 5.32 Å². The molecule has 2 aliphatic rings. The van der Waals surface area contributed by atoms with Gasteiger partial charge in [-0.1, -0.05) is 7.43 Å². The van der Waals surface area contributed by atoms with Crippen molar-refractivity contribution in [2.45, 2.75) is 97.9 Å². The van der Waals surface area contributed by atoms with E-state index >= 15 is 0 Å². The van der Waals surface area contributed by atoms with Crippen molar-refractivity contribution >= 4 is 24.1 Å². The minimum absolute atomic E-state index is 0. The number of carbonyl (C=O) groups is 4. The molecule has 0 unspecified atom stereocenters. The maximum atomic E-state index is 11.7. The lowest BCUT2D eigenvalue weighted by Gasteiger charge is -2.28. The quantitative estimate of drug-likeness (QED) is 0.544. The van der Waals surface area contributed by atoms with Gasteiger partial charge in [-0.05, 0) is 79.1 Å². The molecule has 0 aromatic heterocycles. The van der Waals surface area contributed by atoms with Gasteiger partial charge in [-0.2, -0.15) is 0 Å². The second kappa shape index (κ2) is 11.4. The van der Waals surface area contributed by atoms with Crippen LogP contribution in [0, 0.1) is 11.8 Å². The summed E-state index contributed by atoms with van der Waals surface area (Å²) in [6.07, 6.45) is 2.20. The van der Waals surface area contributed by atoms with E-state index in [9.17, 15) is 19.2 Å². The van der Waals surface area contributed by atoms with E-state index in [0.717, 1.165) is 25.7 Å². The summed E-state index contributed by atoms with van der Waals surface area (Å²) < 4.78 is 10.1. The van der Waals surface area contributed by atoms with Crippen molar-refractivity contribution < 1.29 is 38.9 Å². The van der Waals surface area contributed by atoms with Gasteiger partial charge in [0.15, 0.2) is 0 Å². The van der Waals surface area contributed by atoms with Crippen molar-refractivity contribution in [2.75, 3.05) is 7.05 Å². The number of hydrogen-bond acceptors (Lipinski definition) is 6. The largest absolute Gasteiger partial charge is 0.480 e. The SMILES string of the molecule is C.CC(C)(C)OC(=O)N[C@H](C(=O)O)C1CC1.CN(C(=O)OC(C)(C)C)[C@H](C(=O)O)C1CC1. The van der Waals surface area contributed by atoms with Crippen LogP contribution >= 0.6 is 0 Å². The number of alkyl carbamates (subject to hydrolysis) is 1. The average Bonchev–Trinajstić information content (AvgIpc) is 3.42. The summed E-state index contributed by atoms with van der Waals surface area (Å²) in [4.78, 5) is 46.0. The molecule has 2 fully saturated rings.